The smallest absolute Gasteiger partial charge is 0.119 e. The van der Waals surface area contributed by atoms with Crippen LogP contribution in [0, 0.1) is 0 Å². The topological polar surface area (TPSA) is 54.4 Å². The van der Waals surface area contributed by atoms with Gasteiger partial charge in [-0.2, -0.15) is 0 Å². The molecule has 2 aliphatic rings. The Morgan fingerprint density at radius 3 is 2.60 bits per heavy atom. The van der Waals surface area contributed by atoms with Crippen LogP contribution in [-0.4, -0.2) is 81.9 Å². The summed E-state index contributed by atoms with van der Waals surface area (Å²) < 4.78 is 16.3. The van der Waals surface area contributed by atoms with Gasteiger partial charge in [0.25, 0.3) is 0 Å². The molecule has 0 bridgehead atoms. The number of benzene rings is 1. The van der Waals surface area contributed by atoms with Gasteiger partial charge in [-0.05, 0) is 37.1 Å². The molecule has 0 radical (unpaired) electrons. The Balaban J connectivity index is 1.33. The Morgan fingerprint density at radius 2 is 1.96 bits per heavy atom. The summed E-state index contributed by atoms with van der Waals surface area (Å²) in [5.74, 6) is 0.883. The summed E-state index contributed by atoms with van der Waals surface area (Å²) in [6.07, 6.45) is 1.98. The molecule has 0 spiro atoms. The van der Waals surface area contributed by atoms with Gasteiger partial charge in [0.05, 0.1) is 32.5 Å². The van der Waals surface area contributed by atoms with Gasteiger partial charge < -0.3 is 24.2 Å². The van der Waals surface area contributed by atoms with E-state index in [1.165, 1.54) is 5.69 Å². The Bertz CT molecular complexity index is 497. The van der Waals surface area contributed by atoms with Crippen LogP contribution in [0.15, 0.2) is 24.3 Å². The van der Waals surface area contributed by atoms with E-state index in [9.17, 15) is 5.11 Å². The van der Waals surface area contributed by atoms with E-state index in [0.717, 1.165) is 51.4 Å². The second-order valence-corrected chi connectivity index (χ2v) is 6.81. The van der Waals surface area contributed by atoms with E-state index in [2.05, 4.69) is 21.9 Å². The van der Waals surface area contributed by atoms with Crippen LogP contribution in [0.2, 0.25) is 0 Å². The highest BCUT2D eigenvalue weighted by atomic mass is 16.5. The highest BCUT2D eigenvalue weighted by molar-refractivity contribution is 5.49. The summed E-state index contributed by atoms with van der Waals surface area (Å²) in [4.78, 5) is 4.68. The van der Waals surface area contributed by atoms with Crippen LogP contribution in [0.3, 0.4) is 0 Å². The van der Waals surface area contributed by atoms with Gasteiger partial charge in [-0.1, -0.05) is 0 Å². The second kappa shape index (κ2) is 9.38. The standard InChI is InChI=1S/C19H30N2O4/c1-23-18-6-4-16(5-7-18)21-10-8-20(9-11-21)13-17(22)14-24-15-19-3-2-12-25-19/h4-7,17,19,22H,2-3,8-15H2,1H3/t17-,19+/m0/s1. The van der Waals surface area contributed by atoms with Crippen molar-refractivity contribution >= 4 is 5.69 Å². The molecule has 0 aromatic heterocycles. The molecule has 2 atom stereocenters. The fourth-order valence-corrected chi connectivity index (χ4v) is 3.44. The summed E-state index contributed by atoms with van der Waals surface area (Å²) in [5, 5.41) is 10.2. The van der Waals surface area contributed by atoms with E-state index in [1.54, 1.807) is 7.11 Å². The largest absolute Gasteiger partial charge is 0.497 e. The zero-order valence-electron chi connectivity index (χ0n) is 15.1. The molecule has 0 amide bonds. The Hall–Kier alpha value is -1.34. The van der Waals surface area contributed by atoms with Gasteiger partial charge in [0.2, 0.25) is 0 Å². The van der Waals surface area contributed by atoms with Crippen LogP contribution in [0.5, 0.6) is 5.75 Å². The molecule has 25 heavy (non-hydrogen) atoms. The van der Waals surface area contributed by atoms with Crippen molar-refractivity contribution in [1.82, 2.24) is 4.90 Å². The number of methoxy groups -OCH3 is 1. The third-order valence-electron chi connectivity index (χ3n) is 4.92. The predicted octanol–water partition coefficient (Wildman–Crippen LogP) is 1.37. The monoisotopic (exact) mass is 350 g/mol. The minimum Gasteiger partial charge on any atom is -0.497 e. The molecule has 2 saturated heterocycles. The van der Waals surface area contributed by atoms with E-state index >= 15 is 0 Å². The van der Waals surface area contributed by atoms with Gasteiger partial charge >= 0.3 is 0 Å². The molecule has 1 N–H and O–H groups in total. The number of ether oxygens (including phenoxy) is 3. The maximum absolute atomic E-state index is 10.2. The van der Waals surface area contributed by atoms with E-state index < -0.39 is 6.10 Å². The van der Waals surface area contributed by atoms with Crippen LogP contribution < -0.4 is 9.64 Å². The average molecular weight is 350 g/mol. The number of piperazine rings is 1. The number of hydrogen-bond donors (Lipinski definition) is 1. The van der Waals surface area contributed by atoms with E-state index in [-0.39, 0.29) is 6.10 Å². The number of β-amino-alcohol motifs (C(OH)–C–C–N with tert-alkyl or cyclic N) is 1. The van der Waals surface area contributed by atoms with Crippen molar-refractivity contribution in [2.75, 3.05) is 64.6 Å². The molecular weight excluding hydrogens is 320 g/mol. The third kappa shape index (κ3) is 5.57. The van der Waals surface area contributed by atoms with Crippen LogP contribution in [-0.2, 0) is 9.47 Å². The minimum atomic E-state index is -0.436. The highest BCUT2D eigenvalue weighted by Crippen LogP contribution is 2.20. The lowest BCUT2D eigenvalue weighted by molar-refractivity contribution is -0.0254. The summed E-state index contributed by atoms with van der Waals surface area (Å²) >= 11 is 0. The summed E-state index contributed by atoms with van der Waals surface area (Å²) in [6.45, 7) is 6.34. The van der Waals surface area contributed by atoms with Gasteiger partial charge in [0.1, 0.15) is 5.75 Å². The zero-order chi connectivity index (χ0) is 17.5. The molecule has 1 aromatic carbocycles. The molecule has 0 aliphatic carbocycles. The Morgan fingerprint density at radius 1 is 1.20 bits per heavy atom. The maximum Gasteiger partial charge on any atom is 0.119 e. The molecular formula is C19H30N2O4. The fraction of sp³-hybridized carbons (Fsp3) is 0.684. The molecule has 6 heteroatoms. The van der Waals surface area contributed by atoms with Crippen molar-refractivity contribution in [3.63, 3.8) is 0 Å². The van der Waals surface area contributed by atoms with E-state index in [4.69, 9.17) is 14.2 Å². The first-order valence-electron chi connectivity index (χ1n) is 9.23. The lowest BCUT2D eigenvalue weighted by atomic mass is 10.2. The quantitative estimate of drug-likeness (QED) is 0.764. The van der Waals surface area contributed by atoms with Gasteiger partial charge in [-0.3, -0.25) is 4.90 Å². The molecule has 2 aliphatic heterocycles. The lowest BCUT2D eigenvalue weighted by Gasteiger charge is -2.37. The fourth-order valence-electron chi connectivity index (χ4n) is 3.44. The van der Waals surface area contributed by atoms with Crippen LogP contribution >= 0.6 is 0 Å². The lowest BCUT2D eigenvalue weighted by Crippen LogP contribution is -2.49. The molecule has 2 fully saturated rings. The molecule has 0 saturated carbocycles. The molecule has 0 unspecified atom stereocenters. The Labute approximate surface area is 150 Å². The van der Waals surface area contributed by atoms with Gasteiger partial charge in [-0.25, -0.2) is 0 Å². The molecule has 1 aromatic rings. The second-order valence-electron chi connectivity index (χ2n) is 6.81. The molecule has 2 heterocycles. The van der Waals surface area contributed by atoms with Crippen molar-refractivity contribution in [1.29, 1.82) is 0 Å². The average Bonchev–Trinajstić information content (AvgIpc) is 3.16. The van der Waals surface area contributed by atoms with Crippen molar-refractivity contribution in [2.24, 2.45) is 0 Å². The summed E-state index contributed by atoms with van der Waals surface area (Å²) in [7, 11) is 1.68. The number of aliphatic hydroxyl groups is 1. The SMILES string of the molecule is COc1ccc(N2CCN(C[C@H](O)COC[C@H]3CCCO3)CC2)cc1. The first-order valence-corrected chi connectivity index (χ1v) is 9.23. The number of nitrogens with zero attached hydrogens (tertiary/aromatic N) is 2. The van der Waals surface area contributed by atoms with Gasteiger partial charge in [0, 0.05) is 45.0 Å². The maximum atomic E-state index is 10.2. The summed E-state index contributed by atoms with van der Waals surface area (Å²) in [5.41, 5.74) is 1.22. The van der Waals surface area contributed by atoms with Crippen molar-refractivity contribution in [2.45, 2.75) is 25.0 Å². The van der Waals surface area contributed by atoms with E-state index in [1.807, 2.05) is 12.1 Å². The Kier molecular flexibility index (Phi) is 6.93. The third-order valence-corrected chi connectivity index (χ3v) is 4.92. The first-order chi connectivity index (χ1) is 12.2. The predicted molar refractivity (Wildman–Crippen MR) is 97.4 cm³/mol. The van der Waals surface area contributed by atoms with Crippen molar-refractivity contribution in [3.05, 3.63) is 24.3 Å². The molecule has 3 rings (SSSR count). The number of rotatable bonds is 8. The van der Waals surface area contributed by atoms with Crippen molar-refractivity contribution < 1.29 is 19.3 Å². The van der Waals surface area contributed by atoms with Crippen LogP contribution in [0.4, 0.5) is 5.69 Å². The van der Waals surface area contributed by atoms with Crippen LogP contribution in [0.25, 0.3) is 0 Å². The number of aliphatic hydroxyl groups excluding tert-OH is 1. The van der Waals surface area contributed by atoms with Crippen molar-refractivity contribution in [3.8, 4) is 5.75 Å². The number of hydrogen-bond acceptors (Lipinski definition) is 6. The first kappa shape index (κ1) is 18.5. The van der Waals surface area contributed by atoms with Crippen LogP contribution in [0.1, 0.15) is 12.8 Å². The molecule has 6 nitrogen and oxygen atoms in total. The normalized spacial score (nSPS) is 23.0. The highest BCUT2D eigenvalue weighted by Gasteiger charge is 2.20. The zero-order valence-corrected chi connectivity index (χ0v) is 15.1. The number of anilines is 1. The summed E-state index contributed by atoms with van der Waals surface area (Å²) in [6, 6.07) is 8.19. The minimum absolute atomic E-state index is 0.222. The van der Waals surface area contributed by atoms with Gasteiger partial charge in [-0.15, -0.1) is 0 Å². The van der Waals surface area contributed by atoms with Gasteiger partial charge in [0.15, 0.2) is 0 Å². The van der Waals surface area contributed by atoms with E-state index in [0.29, 0.717) is 19.8 Å². The molecule has 140 valence electrons.